The predicted molar refractivity (Wildman–Crippen MR) is 103 cm³/mol. The average Bonchev–Trinajstić information content (AvgIpc) is 3.38. The molecule has 4 nitrogen and oxygen atoms in total. The molecular weight excluding hydrogens is 322 g/mol. The van der Waals surface area contributed by atoms with Gasteiger partial charge in [-0.2, -0.15) is 0 Å². The Kier molecular flexibility index (Phi) is 3.81. The van der Waals surface area contributed by atoms with Gasteiger partial charge in [0.05, 0.1) is 0 Å². The molecule has 0 aliphatic heterocycles. The van der Waals surface area contributed by atoms with Crippen molar-refractivity contribution in [1.29, 1.82) is 0 Å². The molecule has 0 radical (unpaired) electrons. The van der Waals surface area contributed by atoms with Gasteiger partial charge in [-0.25, -0.2) is 9.97 Å². The highest BCUT2D eigenvalue weighted by molar-refractivity contribution is 5.94. The molecule has 1 N–H and O–H groups in total. The third kappa shape index (κ3) is 2.62. The fourth-order valence-electron chi connectivity index (χ4n) is 4.16. The van der Waals surface area contributed by atoms with Gasteiger partial charge in [-0.3, -0.25) is 0 Å². The number of nitrogens with zero attached hydrogens (tertiary/aromatic N) is 2. The minimum atomic E-state index is 0.544. The minimum absolute atomic E-state index is 0.544. The SMILES string of the molecule is c1ccc(-c2c(C3CCCCC3)ccc3oc(-c4ncc[nH]4)nc23)cc1. The first-order chi connectivity index (χ1) is 12.9. The molecule has 2 aromatic heterocycles. The summed E-state index contributed by atoms with van der Waals surface area (Å²) >= 11 is 0. The van der Waals surface area contributed by atoms with Gasteiger partial charge in [0, 0.05) is 18.0 Å². The van der Waals surface area contributed by atoms with Gasteiger partial charge in [0.1, 0.15) is 5.52 Å². The first-order valence-electron chi connectivity index (χ1n) is 9.39. The number of imidazole rings is 1. The zero-order valence-electron chi connectivity index (χ0n) is 14.6. The predicted octanol–water partition coefficient (Wildman–Crippen LogP) is 5.93. The Hall–Kier alpha value is -2.88. The molecule has 4 aromatic rings. The summed E-state index contributed by atoms with van der Waals surface area (Å²) < 4.78 is 6.01. The molecule has 130 valence electrons. The van der Waals surface area contributed by atoms with E-state index in [1.54, 1.807) is 12.4 Å². The van der Waals surface area contributed by atoms with Crippen LogP contribution in [0.5, 0.6) is 0 Å². The summed E-state index contributed by atoms with van der Waals surface area (Å²) in [5.74, 6) is 1.81. The van der Waals surface area contributed by atoms with Crippen molar-refractivity contribution in [2.45, 2.75) is 38.0 Å². The van der Waals surface area contributed by atoms with Crippen LogP contribution in [-0.4, -0.2) is 15.0 Å². The number of hydrogen-bond donors (Lipinski definition) is 1. The van der Waals surface area contributed by atoms with Crippen LogP contribution >= 0.6 is 0 Å². The highest BCUT2D eigenvalue weighted by atomic mass is 16.3. The molecule has 4 heteroatoms. The van der Waals surface area contributed by atoms with Gasteiger partial charge >= 0.3 is 0 Å². The van der Waals surface area contributed by atoms with Gasteiger partial charge in [0.15, 0.2) is 11.4 Å². The van der Waals surface area contributed by atoms with E-state index in [1.807, 2.05) is 0 Å². The van der Waals surface area contributed by atoms with Crippen LogP contribution in [0, 0.1) is 0 Å². The molecular formula is C22H21N3O. The molecule has 0 amide bonds. The van der Waals surface area contributed by atoms with Crippen LogP contribution in [0.4, 0.5) is 0 Å². The smallest absolute Gasteiger partial charge is 0.264 e. The summed E-state index contributed by atoms with van der Waals surface area (Å²) in [5, 5.41) is 0. The summed E-state index contributed by atoms with van der Waals surface area (Å²) in [6.45, 7) is 0. The normalized spacial score (nSPS) is 15.5. The second kappa shape index (κ2) is 6.45. The topological polar surface area (TPSA) is 54.7 Å². The number of H-pyrrole nitrogens is 1. The van der Waals surface area contributed by atoms with E-state index in [-0.39, 0.29) is 0 Å². The van der Waals surface area contributed by atoms with Crippen molar-refractivity contribution in [3.8, 4) is 22.8 Å². The molecule has 0 spiro atoms. The lowest BCUT2D eigenvalue weighted by Gasteiger charge is -2.24. The van der Waals surface area contributed by atoms with Crippen LogP contribution in [-0.2, 0) is 0 Å². The Morgan fingerprint density at radius 1 is 0.962 bits per heavy atom. The van der Waals surface area contributed by atoms with Crippen LogP contribution < -0.4 is 0 Å². The van der Waals surface area contributed by atoms with Crippen molar-refractivity contribution >= 4 is 11.1 Å². The van der Waals surface area contributed by atoms with Gasteiger partial charge < -0.3 is 9.40 Å². The Bertz CT molecular complexity index is 1010. The third-order valence-corrected chi connectivity index (χ3v) is 5.40. The van der Waals surface area contributed by atoms with Crippen LogP contribution in [0.25, 0.3) is 33.9 Å². The van der Waals surface area contributed by atoms with E-state index in [0.717, 1.165) is 11.1 Å². The average molecular weight is 343 g/mol. The molecule has 1 fully saturated rings. The third-order valence-electron chi connectivity index (χ3n) is 5.40. The molecule has 2 aromatic carbocycles. The largest absolute Gasteiger partial charge is 0.434 e. The number of benzene rings is 2. The first-order valence-corrected chi connectivity index (χ1v) is 9.39. The molecule has 5 rings (SSSR count). The van der Waals surface area contributed by atoms with Gasteiger partial charge in [0.2, 0.25) is 0 Å². The van der Waals surface area contributed by atoms with Gasteiger partial charge in [-0.15, -0.1) is 0 Å². The lowest BCUT2D eigenvalue weighted by molar-refractivity contribution is 0.444. The molecule has 1 saturated carbocycles. The molecule has 0 atom stereocenters. The quantitative estimate of drug-likeness (QED) is 0.501. The number of aromatic nitrogens is 3. The molecule has 0 saturated heterocycles. The van der Waals surface area contributed by atoms with Crippen molar-refractivity contribution in [2.24, 2.45) is 0 Å². The minimum Gasteiger partial charge on any atom is -0.434 e. The maximum absolute atomic E-state index is 6.01. The zero-order chi connectivity index (χ0) is 17.3. The molecule has 0 unspecified atom stereocenters. The fourth-order valence-corrected chi connectivity index (χ4v) is 4.16. The van der Waals surface area contributed by atoms with Gasteiger partial charge in [-0.05, 0) is 36.0 Å². The van der Waals surface area contributed by atoms with E-state index in [1.165, 1.54) is 48.8 Å². The standard InChI is InChI=1S/C22H21N3O/c1-3-7-15(8-4-1)17-11-12-18-20(19(17)16-9-5-2-6-10-16)25-22(26-18)21-23-13-14-24-21/h2,5-6,9-15H,1,3-4,7-8H2,(H,23,24). The van der Waals surface area contributed by atoms with E-state index in [4.69, 9.17) is 9.40 Å². The number of rotatable bonds is 3. The van der Waals surface area contributed by atoms with Crippen LogP contribution in [0.1, 0.15) is 43.6 Å². The molecule has 0 bridgehead atoms. The second-order valence-corrected chi connectivity index (χ2v) is 7.03. The van der Waals surface area contributed by atoms with Crippen LogP contribution in [0.2, 0.25) is 0 Å². The fraction of sp³-hybridized carbons (Fsp3) is 0.273. The Morgan fingerprint density at radius 3 is 2.58 bits per heavy atom. The maximum Gasteiger partial charge on any atom is 0.264 e. The Morgan fingerprint density at radius 2 is 1.81 bits per heavy atom. The van der Waals surface area contributed by atoms with E-state index in [2.05, 4.69) is 52.4 Å². The number of oxazole rings is 1. The van der Waals surface area contributed by atoms with Crippen molar-refractivity contribution in [3.05, 3.63) is 60.4 Å². The van der Waals surface area contributed by atoms with E-state index >= 15 is 0 Å². The summed E-state index contributed by atoms with van der Waals surface area (Å²) in [4.78, 5) is 12.2. The second-order valence-electron chi connectivity index (χ2n) is 7.03. The van der Waals surface area contributed by atoms with E-state index in [0.29, 0.717) is 17.6 Å². The summed E-state index contributed by atoms with van der Waals surface area (Å²) in [7, 11) is 0. The molecule has 1 aliphatic rings. The number of aromatic amines is 1. The number of nitrogens with one attached hydrogen (secondary N) is 1. The van der Waals surface area contributed by atoms with Crippen molar-refractivity contribution < 1.29 is 4.42 Å². The lowest BCUT2D eigenvalue weighted by Crippen LogP contribution is -2.06. The molecule has 26 heavy (non-hydrogen) atoms. The van der Waals surface area contributed by atoms with Gasteiger partial charge in [0.25, 0.3) is 5.89 Å². The molecule has 1 aliphatic carbocycles. The zero-order valence-corrected chi connectivity index (χ0v) is 14.6. The summed E-state index contributed by atoms with van der Waals surface area (Å²) in [5.41, 5.74) is 5.58. The van der Waals surface area contributed by atoms with E-state index in [9.17, 15) is 0 Å². The molecule has 2 heterocycles. The number of hydrogen-bond acceptors (Lipinski definition) is 3. The summed E-state index contributed by atoms with van der Waals surface area (Å²) in [6.07, 6.45) is 10.0. The van der Waals surface area contributed by atoms with Crippen molar-refractivity contribution in [2.75, 3.05) is 0 Å². The Labute approximate surface area is 152 Å². The van der Waals surface area contributed by atoms with Gasteiger partial charge in [-0.1, -0.05) is 55.7 Å². The highest BCUT2D eigenvalue weighted by Gasteiger charge is 2.23. The van der Waals surface area contributed by atoms with Crippen molar-refractivity contribution in [3.63, 3.8) is 0 Å². The van der Waals surface area contributed by atoms with E-state index < -0.39 is 0 Å². The van der Waals surface area contributed by atoms with Crippen LogP contribution in [0.3, 0.4) is 0 Å². The highest BCUT2D eigenvalue weighted by Crippen LogP contribution is 2.42. The number of fused-ring (bicyclic) bond motifs is 1. The Balaban J connectivity index is 1.73. The monoisotopic (exact) mass is 343 g/mol. The van der Waals surface area contributed by atoms with Crippen LogP contribution in [0.15, 0.2) is 59.3 Å². The maximum atomic E-state index is 6.01. The summed E-state index contributed by atoms with van der Waals surface area (Å²) in [6, 6.07) is 14.9. The van der Waals surface area contributed by atoms with Crippen molar-refractivity contribution in [1.82, 2.24) is 15.0 Å². The lowest BCUT2D eigenvalue weighted by atomic mass is 9.80. The first kappa shape index (κ1) is 15.4.